The number of methoxy groups -OCH3 is 1. The van der Waals surface area contributed by atoms with E-state index in [4.69, 9.17) is 4.74 Å². The average Bonchev–Trinajstić information content (AvgIpc) is 3.04. The van der Waals surface area contributed by atoms with E-state index in [0.717, 1.165) is 34.1 Å². The highest BCUT2D eigenvalue weighted by molar-refractivity contribution is 6.07. The Balaban J connectivity index is 1.54. The summed E-state index contributed by atoms with van der Waals surface area (Å²) in [4.78, 5) is 12.1. The lowest BCUT2D eigenvalue weighted by Gasteiger charge is -2.16. The molecule has 1 unspecified atom stereocenters. The molecule has 2 aromatic rings. The highest BCUT2D eigenvalue weighted by Gasteiger charge is 2.39. The molecule has 24 heavy (non-hydrogen) atoms. The van der Waals surface area contributed by atoms with Gasteiger partial charge in [-0.15, -0.1) is 0 Å². The number of hydrogen-bond acceptors (Lipinski definition) is 5. The third-order valence-corrected chi connectivity index (χ3v) is 4.65. The molecule has 124 valence electrons. The van der Waals surface area contributed by atoms with Crippen LogP contribution < -0.4 is 26.0 Å². The van der Waals surface area contributed by atoms with Gasteiger partial charge in [0.2, 0.25) is 5.91 Å². The second-order valence-electron chi connectivity index (χ2n) is 6.62. The average molecular weight is 324 g/mol. The van der Waals surface area contributed by atoms with Crippen molar-refractivity contribution in [1.82, 2.24) is 0 Å². The molecule has 1 atom stereocenters. The van der Waals surface area contributed by atoms with E-state index >= 15 is 0 Å². The number of nitrogens with one attached hydrogen (secondary N) is 4. The number of fused-ring (bicyclic) bond motifs is 2. The summed E-state index contributed by atoms with van der Waals surface area (Å²) < 4.78 is 5.17. The molecule has 0 bridgehead atoms. The fraction of sp³-hybridized carbons (Fsp3) is 0.278. The van der Waals surface area contributed by atoms with Gasteiger partial charge in [-0.3, -0.25) is 4.79 Å². The maximum absolute atomic E-state index is 12.1. The van der Waals surface area contributed by atoms with Crippen LogP contribution in [0, 0.1) is 0 Å². The normalized spacial score (nSPS) is 19.6. The first kappa shape index (κ1) is 14.7. The van der Waals surface area contributed by atoms with Crippen molar-refractivity contribution in [2.75, 3.05) is 28.4 Å². The number of anilines is 4. The summed E-state index contributed by atoms with van der Waals surface area (Å²) in [6.45, 7) is 3.88. The van der Waals surface area contributed by atoms with Crippen molar-refractivity contribution < 1.29 is 9.53 Å². The minimum atomic E-state index is -0.506. The number of carbonyl (C=O) groups excluding carboxylic acids is 1. The summed E-state index contributed by atoms with van der Waals surface area (Å²) in [6, 6.07) is 11.8. The Labute approximate surface area is 140 Å². The van der Waals surface area contributed by atoms with Gasteiger partial charge in [-0.1, -0.05) is 0 Å². The molecule has 4 rings (SSSR count). The van der Waals surface area contributed by atoms with Crippen LogP contribution >= 0.6 is 0 Å². The van der Waals surface area contributed by atoms with Gasteiger partial charge in [-0.05, 0) is 55.8 Å². The Morgan fingerprint density at radius 1 is 1.04 bits per heavy atom. The third kappa shape index (κ3) is 2.22. The smallest absolute Gasteiger partial charge is 0.234 e. The summed E-state index contributed by atoms with van der Waals surface area (Å²) in [5.74, 6) is 0.861. The molecule has 0 aliphatic carbocycles. The number of carbonyl (C=O) groups is 1. The zero-order valence-corrected chi connectivity index (χ0v) is 13.9. The van der Waals surface area contributed by atoms with Gasteiger partial charge in [0.05, 0.1) is 23.9 Å². The van der Waals surface area contributed by atoms with E-state index in [1.165, 1.54) is 0 Å². The molecule has 6 nitrogen and oxygen atoms in total. The van der Waals surface area contributed by atoms with E-state index in [9.17, 15) is 4.79 Å². The van der Waals surface area contributed by atoms with E-state index in [2.05, 4.69) is 21.3 Å². The van der Waals surface area contributed by atoms with Crippen molar-refractivity contribution in [2.24, 2.45) is 0 Å². The molecule has 2 aliphatic heterocycles. The molecule has 2 aromatic carbocycles. The van der Waals surface area contributed by atoms with Crippen LogP contribution in [-0.2, 0) is 10.2 Å². The summed E-state index contributed by atoms with van der Waals surface area (Å²) in [6.07, 6.45) is -0.116. The van der Waals surface area contributed by atoms with Crippen molar-refractivity contribution in [3.05, 3.63) is 42.0 Å². The molecule has 0 fully saturated rings. The molecule has 0 spiro atoms. The van der Waals surface area contributed by atoms with Crippen LogP contribution in [0.15, 0.2) is 36.4 Å². The molecule has 0 radical (unpaired) electrons. The van der Waals surface area contributed by atoms with Crippen molar-refractivity contribution in [3.63, 3.8) is 0 Å². The number of amides is 1. The van der Waals surface area contributed by atoms with Crippen molar-refractivity contribution >= 4 is 28.7 Å². The first-order valence-electron chi connectivity index (χ1n) is 7.91. The summed E-state index contributed by atoms with van der Waals surface area (Å²) in [7, 11) is 1.65. The minimum Gasteiger partial charge on any atom is -0.497 e. The summed E-state index contributed by atoms with van der Waals surface area (Å²) >= 11 is 0. The number of rotatable bonds is 3. The van der Waals surface area contributed by atoms with Gasteiger partial charge in [0.25, 0.3) is 0 Å². The highest BCUT2D eigenvalue weighted by atomic mass is 16.5. The molecular weight excluding hydrogens is 304 g/mol. The lowest BCUT2D eigenvalue weighted by Crippen LogP contribution is -2.31. The molecule has 6 heteroatoms. The van der Waals surface area contributed by atoms with E-state index in [1.54, 1.807) is 7.11 Å². The van der Waals surface area contributed by atoms with Gasteiger partial charge in [0, 0.05) is 11.4 Å². The summed E-state index contributed by atoms with van der Waals surface area (Å²) in [5.41, 5.74) is 4.33. The van der Waals surface area contributed by atoms with E-state index in [1.807, 2.05) is 50.2 Å². The SMILES string of the molecule is COc1ccc(NC2Nc3cc4c(cc3N2)C(C)(C)C(=O)N4)cc1. The minimum absolute atomic E-state index is 0.0362. The van der Waals surface area contributed by atoms with Crippen molar-refractivity contribution in [3.8, 4) is 5.75 Å². The molecule has 0 saturated heterocycles. The monoisotopic (exact) mass is 324 g/mol. The quantitative estimate of drug-likeness (QED) is 0.698. The molecule has 1 amide bonds. The largest absolute Gasteiger partial charge is 0.497 e. The van der Waals surface area contributed by atoms with Crippen LogP contribution in [0.4, 0.5) is 22.7 Å². The predicted molar refractivity (Wildman–Crippen MR) is 95.7 cm³/mol. The molecule has 0 saturated carbocycles. The van der Waals surface area contributed by atoms with Crippen LogP contribution in [0.5, 0.6) is 5.75 Å². The van der Waals surface area contributed by atoms with Gasteiger partial charge in [0.1, 0.15) is 5.75 Å². The van der Waals surface area contributed by atoms with Crippen molar-refractivity contribution in [1.29, 1.82) is 0 Å². The highest BCUT2D eigenvalue weighted by Crippen LogP contribution is 2.43. The van der Waals surface area contributed by atoms with Crippen LogP contribution in [0.3, 0.4) is 0 Å². The van der Waals surface area contributed by atoms with Crippen LogP contribution in [0.2, 0.25) is 0 Å². The van der Waals surface area contributed by atoms with Gasteiger partial charge < -0.3 is 26.0 Å². The van der Waals surface area contributed by atoms with Crippen LogP contribution in [0.25, 0.3) is 0 Å². The van der Waals surface area contributed by atoms with E-state index in [-0.39, 0.29) is 12.2 Å². The lowest BCUT2D eigenvalue weighted by atomic mass is 9.86. The molecular formula is C18H20N4O2. The van der Waals surface area contributed by atoms with E-state index < -0.39 is 5.41 Å². The number of ether oxygens (including phenoxy) is 1. The number of hydrogen-bond donors (Lipinski definition) is 4. The lowest BCUT2D eigenvalue weighted by molar-refractivity contribution is -0.119. The predicted octanol–water partition coefficient (Wildman–Crippen LogP) is 3.16. The van der Waals surface area contributed by atoms with E-state index in [0.29, 0.717) is 0 Å². The fourth-order valence-corrected chi connectivity index (χ4v) is 3.13. The molecule has 2 aliphatic rings. The second kappa shape index (κ2) is 5.06. The maximum atomic E-state index is 12.1. The van der Waals surface area contributed by atoms with Crippen molar-refractivity contribution in [2.45, 2.75) is 25.6 Å². The van der Waals surface area contributed by atoms with Crippen LogP contribution in [0.1, 0.15) is 19.4 Å². The number of benzene rings is 2. The first-order chi connectivity index (χ1) is 11.5. The zero-order valence-electron chi connectivity index (χ0n) is 13.9. The van der Waals surface area contributed by atoms with Gasteiger partial charge in [-0.25, -0.2) is 0 Å². The standard InChI is InChI=1S/C18H20N4O2/c1-18(2)12-8-14-15(9-13(12)20-16(18)23)22-17(21-14)19-10-4-6-11(24-3)7-5-10/h4-9,17,19,21-22H,1-3H3,(H,20,23). The maximum Gasteiger partial charge on any atom is 0.234 e. The Morgan fingerprint density at radius 3 is 2.38 bits per heavy atom. The zero-order chi connectivity index (χ0) is 16.9. The van der Waals surface area contributed by atoms with Crippen LogP contribution in [-0.4, -0.2) is 19.3 Å². The Morgan fingerprint density at radius 2 is 1.71 bits per heavy atom. The third-order valence-electron chi connectivity index (χ3n) is 4.65. The Kier molecular flexibility index (Phi) is 3.09. The van der Waals surface area contributed by atoms with Gasteiger partial charge in [-0.2, -0.15) is 0 Å². The Bertz CT molecular complexity index is 815. The van der Waals surface area contributed by atoms with Gasteiger partial charge >= 0.3 is 0 Å². The first-order valence-corrected chi connectivity index (χ1v) is 7.91. The molecule has 2 heterocycles. The summed E-state index contributed by atoms with van der Waals surface area (Å²) in [5, 5.41) is 13.1. The molecule has 0 aromatic heterocycles. The van der Waals surface area contributed by atoms with Gasteiger partial charge in [0.15, 0.2) is 6.29 Å². The second-order valence-corrected chi connectivity index (χ2v) is 6.62. The Hall–Kier alpha value is -2.89. The fourth-order valence-electron chi connectivity index (χ4n) is 3.13. The topological polar surface area (TPSA) is 74.4 Å². The molecule has 4 N–H and O–H groups in total.